The quantitative estimate of drug-likeness (QED) is 0.883. The van der Waals surface area contributed by atoms with Crippen molar-refractivity contribution < 1.29 is 14.7 Å². The molecule has 104 valence electrons. The molecule has 2 rings (SSSR count). The number of hydrogen-bond donors (Lipinski definition) is 2. The van der Waals surface area contributed by atoms with Crippen LogP contribution in [0, 0.1) is 5.92 Å². The highest BCUT2D eigenvalue weighted by molar-refractivity contribution is 9.11. The van der Waals surface area contributed by atoms with Gasteiger partial charge in [-0.2, -0.15) is 0 Å². The zero-order valence-electron chi connectivity index (χ0n) is 10.3. The molecule has 1 aromatic heterocycles. The normalized spacial score (nSPS) is 19.2. The van der Waals surface area contributed by atoms with Crippen molar-refractivity contribution in [2.45, 2.75) is 19.4 Å². The molecule has 0 bridgehead atoms. The Hall–Kier alpha value is -1.08. The molecule has 0 radical (unpaired) electrons. The van der Waals surface area contributed by atoms with E-state index in [2.05, 4.69) is 21.2 Å². The lowest BCUT2D eigenvalue weighted by atomic mass is 9.99. The van der Waals surface area contributed by atoms with Gasteiger partial charge < -0.3 is 15.3 Å². The van der Waals surface area contributed by atoms with Crippen molar-refractivity contribution in [1.82, 2.24) is 10.2 Å². The largest absolute Gasteiger partial charge is 0.481 e. The summed E-state index contributed by atoms with van der Waals surface area (Å²) in [5.74, 6) is -1.26. The first kappa shape index (κ1) is 14.3. The Balaban J connectivity index is 1.84. The molecule has 1 atom stereocenters. The molecule has 2 N–H and O–H groups in total. The van der Waals surface area contributed by atoms with Gasteiger partial charge in [-0.3, -0.25) is 4.79 Å². The maximum atomic E-state index is 12.0. The van der Waals surface area contributed by atoms with Crippen molar-refractivity contribution in [2.75, 3.05) is 13.1 Å². The molecule has 5 nitrogen and oxygen atoms in total. The number of likely N-dealkylation sites (tertiary alicyclic amines) is 1. The summed E-state index contributed by atoms with van der Waals surface area (Å²) in [7, 11) is 0. The van der Waals surface area contributed by atoms with Crippen LogP contribution in [0.5, 0.6) is 0 Å². The first-order valence-electron chi connectivity index (χ1n) is 6.05. The summed E-state index contributed by atoms with van der Waals surface area (Å²) in [6.07, 6.45) is 1.39. The van der Waals surface area contributed by atoms with Gasteiger partial charge in [0.25, 0.3) is 0 Å². The van der Waals surface area contributed by atoms with Gasteiger partial charge in [0, 0.05) is 19.6 Å². The number of carboxylic acid groups (broad SMARTS) is 1. The van der Waals surface area contributed by atoms with Crippen molar-refractivity contribution in [3.05, 3.63) is 20.8 Å². The van der Waals surface area contributed by atoms with E-state index in [9.17, 15) is 9.59 Å². The lowest BCUT2D eigenvalue weighted by Gasteiger charge is -2.30. The average molecular weight is 347 g/mol. The van der Waals surface area contributed by atoms with E-state index in [1.165, 1.54) is 0 Å². The third-order valence-electron chi connectivity index (χ3n) is 3.12. The van der Waals surface area contributed by atoms with Gasteiger partial charge in [0.2, 0.25) is 0 Å². The minimum Gasteiger partial charge on any atom is -0.481 e. The number of thiophene rings is 1. The maximum Gasteiger partial charge on any atom is 0.317 e. The molecule has 19 heavy (non-hydrogen) atoms. The fourth-order valence-corrected chi connectivity index (χ4v) is 3.30. The molecule has 2 amide bonds. The lowest BCUT2D eigenvalue weighted by Crippen LogP contribution is -2.46. The predicted octanol–water partition coefficient (Wildman–Crippen LogP) is 2.52. The number of carboxylic acids is 1. The van der Waals surface area contributed by atoms with E-state index in [0.717, 1.165) is 15.8 Å². The highest BCUT2D eigenvalue weighted by Gasteiger charge is 2.27. The van der Waals surface area contributed by atoms with Gasteiger partial charge in [-0.05, 0) is 45.8 Å². The molecule has 0 aromatic carbocycles. The molecule has 1 aliphatic heterocycles. The maximum absolute atomic E-state index is 12.0. The monoisotopic (exact) mass is 346 g/mol. The number of hydrogen-bond acceptors (Lipinski definition) is 3. The van der Waals surface area contributed by atoms with Crippen LogP contribution in [0.4, 0.5) is 4.79 Å². The van der Waals surface area contributed by atoms with E-state index in [1.54, 1.807) is 16.2 Å². The number of carbonyl (C=O) groups excluding carboxylic acids is 1. The molecule has 1 saturated heterocycles. The van der Waals surface area contributed by atoms with E-state index >= 15 is 0 Å². The second-order valence-electron chi connectivity index (χ2n) is 4.54. The first-order chi connectivity index (χ1) is 9.06. The van der Waals surface area contributed by atoms with Gasteiger partial charge in [-0.15, -0.1) is 11.3 Å². The number of carbonyl (C=O) groups is 2. The van der Waals surface area contributed by atoms with Crippen LogP contribution in [0.1, 0.15) is 18.4 Å². The summed E-state index contributed by atoms with van der Waals surface area (Å²) in [4.78, 5) is 24.5. The summed E-state index contributed by atoms with van der Waals surface area (Å²) in [5.41, 5.74) is 1.04. The summed E-state index contributed by atoms with van der Waals surface area (Å²) in [6.45, 7) is 1.40. The molecule has 0 saturated carbocycles. The molecule has 7 heteroatoms. The number of piperidine rings is 1. The molecular weight excluding hydrogens is 332 g/mol. The van der Waals surface area contributed by atoms with Gasteiger partial charge in [-0.25, -0.2) is 4.79 Å². The Morgan fingerprint density at radius 2 is 2.37 bits per heavy atom. The van der Waals surface area contributed by atoms with Crippen molar-refractivity contribution in [3.8, 4) is 0 Å². The van der Waals surface area contributed by atoms with Gasteiger partial charge in [-0.1, -0.05) is 0 Å². The van der Waals surface area contributed by atoms with Crippen molar-refractivity contribution in [2.24, 2.45) is 5.92 Å². The molecule has 1 unspecified atom stereocenters. The number of halogens is 1. The molecule has 0 aliphatic carbocycles. The molecule has 1 aromatic rings. The third-order valence-corrected chi connectivity index (χ3v) is 4.68. The van der Waals surface area contributed by atoms with Crippen molar-refractivity contribution in [1.29, 1.82) is 0 Å². The topological polar surface area (TPSA) is 69.6 Å². The van der Waals surface area contributed by atoms with Gasteiger partial charge in [0.05, 0.1) is 9.70 Å². The fourth-order valence-electron chi connectivity index (χ4n) is 2.09. The molecule has 1 aliphatic rings. The van der Waals surface area contributed by atoms with Crippen molar-refractivity contribution in [3.63, 3.8) is 0 Å². The second kappa shape index (κ2) is 6.38. The van der Waals surface area contributed by atoms with E-state index in [1.807, 2.05) is 11.4 Å². The molecule has 1 fully saturated rings. The molecule has 0 spiro atoms. The van der Waals surface area contributed by atoms with Crippen LogP contribution in [0.15, 0.2) is 15.2 Å². The Labute approximate surface area is 123 Å². The smallest absolute Gasteiger partial charge is 0.317 e. The van der Waals surface area contributed by atoms with Crippen LogP contribution in [-0.4, -0.2) is 35.1 Å². The SMILES string of the molecule is O=C(O)C1CCCN(C(=O)NCc2csc(Br)c2)C1. The minimum absolute atomic E-state index is 0.187. The highest BCUT2D eigenvalue weighted by atomic mass is 79.9. The number of nitrogens with one attached hydrogen (secondary N) is 1. The van der Waals surface area contributed by atoms with Gasteiger partial charge >= 0.3 is 12.0 Å². The van der Waals surface area contributed by atoms with E-state index in [0.29, 0.717) is 26.1 Å². The van der Waals surface area contributed by atoms with Crippen LogP contribution >= 0.6 is 27.3 Å². The summed E-state index contributed by atoms with van der Waals surface area (Å²) < 4.78 is 1.03. The molecule has 2 heterocycles. The predicted molar refractivity (Wildman–Crippen MR) is 76.2 cm³/mol. The van der Waals surface area contributed by atoms with Gasteiger partial charge in [0.1, 0.15) is 0 Å². The third kappa shape index (κ3) is 3.94. The Morgan fingerprint density at radius 1 is 1.58 bits per heavy atom. The standard InChI is InChI=1S/C12H15BrN2O3S/c13-10-4-8(7-19-10)5-14-12(18)15-3-1-2-9(6-15)11(16)17/h4,7,9H,1-3,5-6H2,(H,14,18)(H,16,17). The first-order valence-corrected chi connectivity index (χ1v) is 7.72. The van der Waals surface area contributed by atoms with Crippen LogP contribution in [0.3, 0.4) is 0 Å². The number of nitrogens with zero attached hydrogens (tertiary/aromatic N) is 1. The Morgan fingerprint density at radius 3 is 3.00 bits per heavy atom. The van der Waals surface area contributed by atoms with E-state index < -0.39 is 11.9 Å². The second-order valence-corrected chi connectivity index (χ2v) is 6.83. The van der Waals surface area contributed by atoms with E-state index in [4.69, 9.17) is 5.11 Å². The zero-order chi connectivity index (χ0) is 13.8. The number of amides is 2. The highest BCUT2D eigenvalue weighted by Crippen LogP contribution is 2.21. The van der Waals surface area contributed by atoms with E-state index in [-0.39, 0.29) is 6.03 Å². The fraction of sp³-hybridized carbons (Fsp3) is 0.500. The zero-order valence-corrected chi connectivity index (χ0v) is 12.7. The molecular formula is C12H15BrN2O3S. The lowest BCUT2D eigenvalue weighted by molar-refractivity contribution is -0.143. The Bertz CT molecular complexity index is 477. The summed E-state index contributed by atoms with van der Waals surface area (Å²) >= 11 is 4.94. The average Bonchev–Trinajstić information content (AvgIpc) is 2.82. The number of aliphatic carboxylic acids is 1. The number of urea groups is 1. The Kier molecular flexibility index (Phi) is 4.81. The van der Waals surface area contributed by atoms with Crippen molar-refractivity contribution >= 4 is 39.3 Å². The van der Waals surface area contributed by atoms with Crippen LogP contribution in [-0.2, 0) is 11.3 Å². The minimum atomic E-state index is -0.820. The van der Waals surface area contributed by atoms with Crippen LogP contribution < -0.4 is 5.32 Å². The van der Waals surface area contributed by atoms with Gasteiger partial charge in [0.15, 0.2) is 0 Å². The van der Waals surface area contributed by atoms with Crippen LogP contribution in [0.2, 0.25) is 0 Å². The number of rotatable bonds is 3. The van der Waals surface area contributed by atoms with Crippen LogP contribution in [0.25, 0.3) is 0 Å². The summed E-state index contributed by atoms with van der Waals surface area (Å²) in [6, 6.07) is 1.77. The summed E-state index contributed by atoms with van der Waals surface area (Å²) in [5, 5.41) is 13.8.